The summed E-state index contributed by atoms with van der Waals surface area (Å²) in [5.74, 6) is -0.258. The third kappa shape index (κ3) is 3.29. The quantitative estimate of drug-likeness (QED) is 0.576. The van der Waals surface area contributed by atoms with Crippen LogP contribution >= 0.6 is 22.7 Å². The largest absolute Gasteiger partial charge is 0.349 e. The maximum atomic E-state index is 12.9. The first kappa shape index (κ1) is 16.6. The Balaban J connectivity index is 1.57. The van der Waals surface area contributed by atoms with Crippen molar-refractivity contribution in [1.82, 2.24) is 19.9 Å². The van der Waals surface area contributed by atoms with Gasteiger partial charge in [-0.15, -0.1) is 22.7 Å². The Morgan fingerprint density at radius 1 is 1.15 bits per heavy atom. The topological polar surface area (TPSA) is 76.9 Å². The highest BCUT2D eigenvalue weighted by atomic mass is 32.1. The fraction of sp³-hybridized carbons (Fsp3) is 0.111. The van der Waals surface area contributed by atoms with Crippen LogP contribution in [0, 0.1) is 0 Å². The van der Waals surface area contributed by atoms with Gasteiger partial charge in [-0.1, -0.05) is 12.1 Å². The zero-order chi connectivity index (χ0) is 17.9. The second-order valence-corrected chi connectivity index (χ2v) is 7.39. The lowest BCUT2D eigenvalue weighted by atomic mass is 10.2. The first-order valence-electron chi connectivity index (χ1n) is 7.89. The maximum Gasteiger partial charge on any atom is 0.263 e. The van der Waals surface area contributed by atoms with Crippen LogP contribution in [0.5, 0.6) is 0 Å². The molecule has 6 nitrogen and oxygen atoms in total. The highest BCUT2D eigenvalue weighted by Gasteiger charge is 2.15. The van der Waals surface area contributed by atoms with Crippen molar-refractivity contribution in [1.29, 1.82) is 0 Å². The Kier molecular flexibility index (Phi) is 4.59. The van der Waals surface area contributed by atoms with E-state index in [1.807, 2.05) is 41.1 Å². The number of hydrogen-bond donors (Lipinski definition) is 1. The molecule has 8 heteroatoms. The second-order valence-electron chi connectivity index (χ2n) is 5.58. The molecule has 0 saturated carbocycles. The predicted octanol–water partition coefficient (Wildman–Crippen LogP) is 2.90. The number of carbonyl (C=O) groups excluding carboxylic acids is 1. The van der Waals surface area contributed by atoms with Crippen molar-refractivity contribution in [2.24, 2.45) is 0 Å². The van der Waals surface area contributed by atoms with Crippen molar-refractivity contribution in [2.75, 3.05) is 0 Å². The molecule has 0 atom stereocenters. The number of nitrogens with zero attached hydrogens (tertiary/aromatic N) is 3. The number of rotatable bonds is 5. The Hall–Kier alpha value is -2.84. The molecule has 4 rings (SSSR count). The SMILES string of the molecule is O=C(Cn1cnc2scc(-c3cccs3)c2c1=O)NCc1ccccn1. The molecule has 0 aliphatic rings. The van der Waals surface area contributed by atoms with E-state index in [4.69, 9.17) is 0 Å². The summed E-state index contributed by atoms with van der Waals surface area (Å²) in [5, 5.41) is 7.25. The van der Waals surface area contributed by atoms with E-state index in [1.54, 1.807) is 17.5 Å². The van der Waals surface area contributed by atoms with Crippen LogP contribution in [-0.2, 0) is 17.9 Å². The van der Waals surface area contributed by atoms with Crippen LogP contribution < -0.4 is 10.9 Å². The van der Waals surface area contributed by atoms with Gasteiger partial charge in [0, 0.05) is 22.0 Å². The lowest BCUT2D eigenvalue weighted by molar-refractivity contribution is -0.121. The molecule has 0 aromatic carbocycles. The monoisotopic (exact) mass is 382 g/mol. The third-order valence-electron chi connectivity index (χ3n) is 3.85. The highest BCUT2D eigenvalue weighted by molar-refractivity contribution is 7.18. The van der Waals surface area contributed by atoms with Gasteiger partial charge < -0.3 is 5.32 Å². The third-order valence-corrected chi connectivity index (χ3v) is 5.64. The number of fused-ring (bicyclic) bond motifs is 1. The van der Waals surface area contributed by atoms with Crippen LogP contribution in [0.2, 0.25) is 0 Å². The van der Waals surface area contributed by atoms with Crippen molar-refractivity contribution < 1.29 is 4.79 Å². The zero-order valence-corrected chi connectivity index (χ0v) is 15.2. The van der Waals surface area contributed by atoms with Crippen molar-refractivity contribution in [3.63, 3.8) is 0 Å². The smallest absolute Gasteiger partial charge is 0.263 e. The molecule has 0 unspecified atom stereocenters. The molecule has 4 heterocycles. The van der Waals surface area contributed by atoms with Crippen LogP contribution in [0.4, 0.5) is 0 Å². The van der Waals surface area contributed by atoms with Gasteiger partial charge in [0.15, 0.2) is 0 Å². The van der Waals surface area contributed by atoms with Gasteiger partial charge in [0.1, 0.15) is 11.4 Å². The molecule has 0 fully saturated rings. The maximum absolute atomic E-state index is 12.9. The van der Waals surface area contributed by atoms with Crippen molar-refractivity contribution in [3.05, 3.63) is 69.7 Å². The van der Waals surface area contributed by atoms with Gasteiger partial charge in [-0.2, -0.15) is 0 Å². The van der Waals surface area contributed by atoms with Gasteiger partial charge >= 0.3 is 0 Å². The number of thiophene rings is 2. The zero-order valence-electron chi connectivity index (χ0n) is 13.6. The average molecular weight is 382 g/mol. The van der Waals surface area contributed by atoms with E-state index in [9.17, 15) is 9.59 Å². The lowest BCUT2D eigenvalue weighted by Crippen LogP contribution is -2.32. The fourth-order valence-corrected chi connectivity index (χ4v) is 4.32. The van der Waals surface area contributed by atoms with Crippen molar-refractivity contribution in [2.45, 2.75) is 13.1 Å². The Labute approximate surface area is 156 Å². The van der Waals surface area contributed by atoms with E-state index < -0.39 is 0 Å². The Morgan fingerprint density at radius 3 is 2.85 bits per heavy atom. The molecule has 0 spiro atoms. The lowest BCUT2D eigenvalue weighted by Gasteiger charge is -2.07. The molecule has 0 bridgehead atoms. The fourth-order valence-electron chi connectivity index (χ4n) is 2.60. The Bertz CT molecular complexity index is 1100. The molecule has 0 radical (unpaired) electrons. The highest BCUT2D eigenvalue weighted by Crippen LogP contribution is 2.33. The van der Waals surface area contributed by atoms with Gasteiger partial charge in [-0.25, -0.2) is 4.98 Å². The molecule has 130 valence electrons. The summed E-state index contributed by atoms with van der Waals surface area (Å²) in [6, 6.07) is 9.43. The summed E-state index contributed by atoms with van der Waals surface area (Å²) in [4.78, 5) is 35.3. The van der Waals surface area contributed by atoms with Crippen LogP contribution in [0.25, 0.3) is 20.7 Å². The molecular weight excluding hydrogens is 368 g/mol. The normalized spacial score (nSPS) is 10.9. The van der Waals surface area contributed by atoms with E-state index in [2.05, 4.69) is 15.3 Å². The minimum absolute atomic E-state index is 0.0751. The minimum atomic E-state index is -0.258. The molecule has 4 aromatic rings. The molecule has 1 N–H and O–H groups in total. The Morgan fingerprint density at radius 2 is 2.08 bits per heavy atom. The number of amides is 1. The van der Waals surface area contributed by atoms with Gasteiger partial charge in [0.05, 0.1) is 24.0 Å². The van der Waals surface area contributed by atoms with Crippen molar-refractivity contribution in [3.8, 4) is 10.4 Å². The summed E-state index contributed by atoms with van der Waals surface area (Å²) < 4.78 is 1.35. The van der Waals surface area contributed by atoms with Crippen LogP contribution in [0.3, 0.4) is 0 Å². The van der Waals surface area contributed by atoms with Crippen LogP contribution in [0.15, 0.2) is 58.4 Å². The predicted molar refractivity (Wildman–Crippen MR) is 103 cm³/mol. The summed E-state index contributed by atoms with van der Waals surface area (Å²) >= 11 is 3.01. The summed E-state index contributed by atoms with van der Waals surface area (Å²) in [6.07, 6.45) is 3.10. The van der Waals surface area contributed by atoms with E-state index in [1.165, 1.54) is 22.2 Å². The number of nitrogens with one attached hydrogen (secondary N) is 1. The van der Waals surface area contributed by atoms with E-state index >= 15 is 0 Å². The van der Waals surface area contributed by atoms with Crippen LogP contribution in [-0.4, -0.2) is 20.4 Å². The first-order valence-corrected chi connectivity index (χ1v) is 9.65. The summed E-state index contributed by atoms with van der Waals surface area (Å²) in [5.41, 5.74) is 1.44. The van der Waals surface area contributed by atoms with Gasteiger partial charge in [0.2, 0.25) is 5.91 Å². The molecule has 0 aliphatic carbocycles. The number of aromatic nitrogens is 3. The first-order chi connectivity index (χ1) is 12.7. The second kappa shape index (κ2) is 7.19. The molecule has 0 aliphatic heterocycles. The summed E-state index contributed by atoms with van der Waals surface area (Å²) in [7, 11) is 0. The number of pyridine rings is 1. The van der Waals surface area contributed by atoms with Gasteiger partial charge in [-0.3, -0.25) is 19.1 Å². The average Bonchev–Trinajstić information content (AvgIpc) is 3.32. The molecule has 0 saturated heterocycles. The van der Waals surface area contributed by atoms with E-state index in [0.717, 1.165) is 16.1 Å². The standard InChI is InChI=1S/C18H14N4O2S2/c23-15(20-8-12-4-1-2-6-19-12)9-22-11-21-17-16(18(22)24)13(10-26-17)14-5-3-7-25-14/h1-7,10-11H,8-9H2,(H,20,23). The number of hydrogen-bond acceptors (Lipinski definition) is 6. The van der Waals surface area contributed by atoms with E-state index in [-0.39, 0.29) is 18.0 Å². The van der Waals surface area contributed by atoms with Gasteiger partial charge in [-0.05, 0) is 23.6 Å². The van der Waals surface area contributed by atoms with Crippen LogP contribution in [0.1, 0.15) is 5.69 Å². The molecule has 4 aromatic heterocycles. The molecular formula is C18H14N4O2S2. The number of carbonyl (C=O) groups is 1. The molecule has 1 amide bonds. The minimum Gasteiger partial charge on any atom is -0.349 e. The van der Waals surface area contributed by atoms with E-state index in [0.29, 0.717) is 16.8 Å². The molecule has 26 heavy (non-hydrogen) atoms. The van der Waals surface area contributed by atoms with Gasteiger partial charge in [0.25, 0.3) is 5.56 Å². The summed E-state index contributed by atoms with van der Waals surface area (Å²) in [6.45, 7) is 0.247. The van der Waals surface area contributed by atoms with Crippen molar-refractivity contribution >= 4 is 38.8 Å².